The minimum atomic E-state index is -0.208. The highest BCUT2D eigenvalue weighted by atomic mass is 19.1. The third-order valence-corrected chi connectivity index (χ3v) is 3.60. The molecule has 0 fully saturated rings. The molecule has 0 spiro atoms. The number of hydrogen-bond acceptors (Lipinski definition) is 3. The number of hydrogen-bond donors (Lipinski definition) is 1. The van der Waals surface area contributed by atoms with Gasteiger partial charge in [0, 0.05) is 0 Å². The molecule has 0 saturated heterocycles. The van der Waals surface area contributed by atoms with Crippen LogP contribution in [0, 0.1) is 11.9 Å². The summed E-state index contributed by atoms with van der Waals surface area (Å²) in [7, 11) is 3.17. The lowest BCUT2D eigenvalue weighted by molar-refractivity contribution is 0.355. The van der Waals surface area contributed by atoms with Gasteiger partial charge in [0.1, 0.15) is 5.82 Å². The van der Waals surface area contributed by atoms with Crippen LogP contribution in [0.1, 0.15) is 18.4 Å². The Labute approximate surface area is 130 Å². The first kappa shape index (κ1) is 16.3. The standard InChI is InChI=1S/C18H21FNO2/c1-21-17-10-9-13(12-18(17)22-2)14-7-5-8-16(19)15(14)6-3-4-11-20/h5,8-10,12H,3-4,6,11,20H2,1-2H3. The maximum Gasteiger partial charge on any atom is 0.161 e. The van der Waals surface area contributed by atoms with Gasteiger partial charge < -0.3 is 15.2 Å². The number of rotatable bonds is 7. The first-order valence-corrected chi connectivity index (χ1v) is 7.32. The highest BCUT2D eigenvalue weighted by Gasteiger charge is 2.13. The van der Waals surface area contributed by atoms with Gasteiger partial charge in [0.2, 0.25) is 0 Å². The van der Waals surface area contributed by atoms with Gasteiger partial charge in [-0.1, -0.05) is 12.1 Å². The van der Waals surface area contributed by atoms with Crippen molar-refractivity contribution in [2.75, 3.05) is 20.8 Å². The van der Waals surface area contributed by atoms with Crippen molar-refractivity contribution in [3.8, 4) is 22.6 Å². The summed E-state index contributed by atoms with van der Waals surface area (Å²) in [6, 6.07) is 11.7. The maximum atomic E-state index is 14.2. The molecule has 0 atom stereocenters. The molecule has 0 unspecified atom stereocenters. The molecule has 1 radical (unpaired) electrons. The fourth-order valence-electron chi connectivity index (χ4n) is 2.45. The molecule has 3 nitrogen and oxygen atoms in total. The van der Waals surface area contributed by atoms with Gasteiger partial charge in [0.25, 0.3) is 0 Å². The molecule has 0 aliphatic heterocycles. The smallest absolute Gasteiger partial charge is 0.161 e. The Bertz CT molecular complexity index is 628. The molecule has 2 aromatic rings. The van der Waals surface area contributed by atoms with Crippen LogP contribution in [0.15, 0.2) is 30.3 Å². The maximum absolute atomic E-state index is 14.2. The summed E-state index contributed by atoms with van der Waals surface area (Å²) in [4.78, 5) is 0. The Kier molecular flexibility index (Phi) is 5.78. The van der Waals surface area contributed by atoms with Gasteiger partial charge in [-0.15, -0.1) is 0 Å². The van der Waals surface area contributed by atoms with Crippen LogP contribution in [-0.2, 0) is 6.42 Å². The topological polar surface area (TPSA) is 44.5 Å². The fraction of sp³-hybridized carbons (Fsp3) is 0.333. The number of nitrogens with two attached hydrogens (primary N) is 1. The Morgan fingerprint density at radius 2 is 1.86 bits per heavy atom. The average molecular weight is 302 g/mol. The molecule has 0 heterocycles. The lowest BCUT2D eigenvalue weighted by Gasteiger charge is -2.13. The van der Waals surface area contributed by atoms with Crippen LogP contribution in [-0.4, -0.2) is 20.8 Å². The third kappa shape index (κ3) is 3.57. The SMILES string of the molecule is COc1ccc(-c2[c]ccc(F)c2CCCCN)cc1OC. The highest BCUT2D eigenvalue weighted by Crippen LogP contribution is 2.34. The summed E-state index contributed by atoms with van der Waals surface area (Å²) in [6.45, 7) is 0.615. The molecule has 0 aliphatic carbocycles. The molecule has 2 rings (SSSR count). The molecule has 2 aromatic carbocycles. The summed E-state index contributed by atoms with van der Waals surface area (Å²) in [5.41, 5.74) is 7.81. The van der Waals surface area contributed by atoms with Crippen molar-refractivity contribution >= 4 is 0 Å². The number of methoxy groups -OCH3 is 2. The number of benzene rings is 2. The van der Waals surface area contributed by atoms with Crippen molar-refractivity contribution in [1.82, 2.24) is 0 Å². The molecule has 0 aromatic heterocycles. The minimum absolute atomic E-state index is 0.208. The number of halogens is 1. The molecule has 117 valence electrons. The van der Waals surface area contributed by atoms with E-state index in [1.54, 1.807) is 20.3 Å². The van der Waals surface area contributed by atoms with Gasteiger partial charge in [0.05, 0.1) is 14.2 Å². The summed E-state index contributed by atoms with van der Waals surface area (Å²) in [6.07, 6.45) is 2.37. The molecule has 22 heavy (non-hydrogen) atoms. The van der Waals surface area contributed by atoms with Crippen molar-refractivity contribution in [3.63, 3.8) is 0 Å². The lowest BCUT2D eigenvalue weighted by atomic mass is 9.95. The second-order valence-electron chi connectivity index (χ2n) is 4.99. The molecule has 0 aliphatic rings. The largest absolute Gasteiger partial charge is 0.493 e. The second kappa shape index (κ2) is 7.80. The van der Waals surface area contributed by atoms with E-state index in [4.69, 9.17) is 15.2 Å². The van der Waals surface area contributed by atoms with E-state index in [0.717, 1.165) is 24.0 Å². The van der Waals surface area contributed by atoms with Crippen molar-refractivity contribution in [2.24, 2.45) is 5.73 Å². The van der Waals surface area contributed by atoms with E-state index in [9.17, 15) is 4.39 Å². The number of unbranched alkanes of at least 4 members (excludes halogenated alkanes) is 1. The lowest BCUT2D eigenvalue weighted by Crippen LogP contribution is -2.01. The van der Waals surface area contributed by atoms with Gasteiger partial charge in [-0.2, -0.15) is 0 Å². The molecule has 0 bridgehead atoms. The van der Waals surface area contributed by atoms with E-state index in [1.165, 1.54) is 6.07 Å². The normalized spacial score (nSPS) is 10.5. The fourth-order valence-corrected chi connectivity index (χ4v) is 2.45. The van der Waals surface area contributed by atoms with Gasteiger partial charge >= 0.3 is 0 Å². The van der Waals surface area contributed by atoms with E-state index in [1.807, 2.05) is 18.2 Å². The van der Waals surface area contributed by atoms with Crippen LogP contribution in [0.5, 0.6) is 11.5 Å². The van der Waals surface area contributed by atoms with Crippen LogP contribution < -0.4 is 15.2 Å². The Morgan fingerprint density at radius 1 is 1.09 bits per heavy atom. The first-order chi connectivity index (χ1) is 10.7. The van der Waals surface area contributed by atoms with E-state index in [0.29, 0.717) is 30.0 Å². The quantitative estimate of drug-likeness (QED) is 0.795. The zero-order valence-corrected chi connectivity index (χ0v) is 13.0. The van der Waals surface area contributed by atoms with E-state index in [2.05, 4.69) is 6.07 Å². The van der Waals surface area contributed by atoms with E-state index < -0.39 is 0 Å². The molecule has 0 saturated carbocycles. The third-order valence-electron chi connectivity index (χ3n) is 3.60. The summed E-state index contributed by atoms with van der Waals surface area (Å²) >= 11 is 0. The van der Waals surface area contributed by atoms with Crippen LogP contribution in [0.3, 0.4) is 0 Å². The summed E-state index contributed by atoms with van der Waals surface area (Å²) < 4.78 is 24.7. The second-order valence-corrected chi connectivity index (χ2v) is 4.99. The van der Waals surface area contributed by atoms with Crippen LogP contribution in [0.4, 0.5) is 4.39 Å². The molecular formula is C18H21FNO2. The molecule has 4 heteroatoms. The summed E-state index contributed by atoms with van der Waals surface area (Å²) in [5, 5.41) is 0. The zero-order valence-electron chi connectivity index (χ0n) is 13.0. The van der Waals surface area contributed by atoms with Crippen molar-refractivity contribution in [1.29, 1.82) is 0 Å². The van der Waals surface area contributed by atoms with Crippen LogP contribution in [0.25, 0.3) is 11.1 Å². The van der Waals surface area contributed by atoms with Crippen LogP contribution >= 0.6 is 0 Å². The Balaban J connectivity index is 2.41. The van der Waals surface area contributed by atoms with Gasteiger partial charge in [-0.25, -0.2) is 4.39 Å². The van der Waals surface area contributed by atoms with Crippen molar-refractivity contribution < 1.29 is 13.9 Å². The van der Waals surface area contributed by atoms with Gasteiger partial charge in [0.15, 0.2) is 11.5 Å². The van der Waals surface area contributed by atoms with Crippen molar-refractivity contribution in [3.05, 3.63) is 47.8 Å². The Morgan fingerprint density at radius 3 is 2.55 bits per heavy atom. The zero-order chi connectivity index (χ0) is 15.9. The predicted octanol–water partition coefficient (Wildman–Crippen LogP) is 3.59. The minimum Gasteiger partial charge on any atom is -0.493 e. The van der Waals surface area contributed by atoms with Crippen molar-refractivity contribution in [2.45, 2.75) is 19.3 Å². The van der Waals surface area contributed by atoms with Gasteiger partial charge in [-0.3, -0.25) is 0 Å². The van der Waals surface area contributed by atoms with E-state index in [-0.39, 0.29) is 5.82 Å². The van der Waals surface area contributed by atoms with Gasteiger partial charge in [-0.05, 0) is 66.8 Å². The summed E-state index contributed by atoms with van der Waals surface area (Å²) in [5.74, 6) is 1.05. The Hall–Kier alpha value is -2.07. The molecular weight excluding hydrogens is 281 g/mol. The molecule has 0 amide bonds. The monoisotopic (exact) mass is 302 g/mol. The first-order valence-electron chi connectivity index (χ1n) is 7.32. The average Bonchev–Trinajstić information content (AvgIpc) is 2.55. The van der Waals surface area contributed by atoms with E-state index >= 15 is 0 Å². The predicted molar refractivity (Wildman–Crippen MR) is 85.8 cm³/mol. The van der Waals surface area contributed by atoms with Crippen LogP contribution in [0.2, 0.25) is 0 Å². The highest BCUT2D eigenvalue weighted by molar-refractivity contribution is 5.70. The molecule has 2 N–H and O–H groups in total. The number of ether oxygens (including phenoxy) is 2.